The Morgan fingerprint density at radius 1 is 1.00 bits per heavy atom. The van der Waals surface area contributed by atoms with Gasteiger partial charge in [0.05, 0.1) is 11.8 Å². The Hall–Kier alpha value is -3.55. The van der Waals surface area contributed by atoms with Crippen LogP contribution >= 0.6 is 0 Å². The molecule has 8 heteroatoms. The first-order valence-corrected chi connectivity index (χ1v) is 8.10. The normalized spacial score (nSPS) is 12.2. The van der Waals surface area contributed by atoms with Gasteiger partial charge in [-0.25, -0.2) is 9.97 Å². The van der Waals surface area contributed by atoms with Gasteiger partial charge in [-0.2, -0.15) is 10.1 Å². The third-order valence-electron chi connectivity index (χ3n) is 4.20. The Morgan fingerprint density at radius 3 is 2.38 bits per heavy atom. The van der Waals surface area contributed by atoms with Crippen molar-refractivity contribution in [3.05, 3.63) is 60.4 Å². The highest BCUT2D eigenvalue weighted by Gasteiger charge is 2.17. The van der Waals surface area contributed by atoms with Crippen LogP contribution in [0.4, 0.5) is 5.95 Å². The number of rotatable bonds is 4. The quantitative estimate of drug-likeness (QED) is 0.604. The number of nitrogen functional groups attached to an aromatic ring is 1. The molecule has 8 nitrogen and oxygen atoms in total. The van der Waals surface area contributed by atoms with E-state index in [1.165, 1.54) is 0 Å². The molecule has 0 bridgehead atoms. The van der Waals surface area contributed by atoms with E-state index in [0.717, 1.165) is 22.3 Å². The second kappa shape index (κ2) is 6.40. The predicted octanol–water partition coefficient (Wildman–Crippen LogP) is 2.66. The highest BCUT2D eigenvalue weighted by Crippen LogP contribution is 2.27. The van der Waals surface area contributed by atoms with Crippen molar-refractivity contribution in [2.45, 2.75) is 12.8 Å². The Kier molecular flexibility index (Phi) is 3.92. The van der Waals surface area contributed by atoms with Gasteiger partial charge in [0, 0.05) is 37.1 Å². The van der Waals surface area contributed by atoms with E-state index in [2.05, 4.69) is 25.2 Å². The van der Waals surface area contributed by atoms with Crippen LogP contribution < -0.4 is 5.73 Å². The lowest BCUT2D eigenvalue weighted by Crippen LogP contribution is -1.98. The molecule has 0 amide bonds. The van der Waals surface area contributed by atoms with Crippen molar-refractivity contribution in [3.8, 4) is 22.6 Å². The van der Waals surface area contributed by atoms with Crippen molar-refractivity contribution in [1.29, 1.82) is 0 Å². The summed E-state index contributed by atoms with van der Waals surface area (Å²) in [5.74, 6) is 1.37. The van der Waals surface area contributed by atoms with Gasteiger partial charge in [0.25, 0.3) is 5.89 Å². The predicted molar refractivity (Wildman–Crippen MR) is 95.9 cm³/mol. The van der Waals surface area contributed by atoms with Gasteiger partial charge in [0.2, 0.25) is 5.95 Å². The number of aromatic nitrogens is 6. The summed E-state index contributed by atoms with van der Waals surface area (Å²) in [4.78, 5) is 12.5. The second-order valence-electron chi connectivity index (χ2n) is 6.03. The van der Waals surface area contributed by atoms with Crippen molar-refractivity contribution in [1.82, 2.24) is 29.9 Å². The molecule has 0 radical (unpaired) electrons. The summed E-state index contributed by atoms with van der Waals surface area (Å²) >= 11 is 0. The molecule has 1 atom stereocenters. The van der Waals surface area contributed by atoms with Crippen LogP contribution in [-0.2, 0) is 7.05 Å². The van der Waals surface area contributed by atoms with Crippen LogP contribution in [0.15, 0.2) is 53.6 Å². The Labute approximate surface area is 149 Å². The standard InChI is InChI=1S/C18H17N7O/c1-11(16-23-17(26-24-16)15-9-22-25(2)10-15)12-3-5-13(6-4-12)14-7-20-18(19)21-8-14/h3-11H,1-2H3,(H2,19,20,21)/t11-/m0/s1. The van der Waals surface area contributed by atoms with Crippen LogP contribution in [0, 0.1) is 0 Å². The van der Waals surface area contributed by atoms with Gasteiger partial charge < -0.3 is 10.3 Å². The molecule has 0 saturated heterocycles. The van der Waals surface area contributed by atoms with Crippen LogP contribution in [-0.4, -0.2) is 29.9 Å². The summed E-state index contributed by atoms with van der Waals surface area (Å²) in [5.41, 5.74) is 9.35. The Morgan fingerprint density at radius 2 is 1.73 bits per heavy atom. The molecule has 3 aromatic heterocycles. The lowest BCUT2D eigenvalue weighted by Gasteiger charge is -2.08. The summed E-state index contributed by atoms with van der Waals surface area (Å²) in [5, 5.41) is 8.23. The van der Waals surface area contributed by atoms with Gasteiger partial charge in [-0.3, -0.25) is 4.68 Å². The number of anilines is 1. The van der Waals surface area contributed by atoms with Crippen LogP contribution in [0.5, 0.6) is 0 Å². The molecule has 0 aliphatic carbocycles. The first kappa shape index (κ1) is 15.9. The fourth-order valence-electron chi connectivity index (χ4n) is 2.66. The molecule has 26 heavy (non-hydrogen) atoms. The SMILES string of the molecule is C[C@@H](c1ccc(-c2cnc(N)nc2)cc1)c1noc(-c2cnn(C)c2)n1. The van der Waals surface area contributed by atoms with Crippen molar-refractivity contribution >= 4 is 5.95 Å². The van der Waals surface area contributed by atoms with Crippen LogP contribution in [0.1, 0.15) is 24.2 Å². The highest BCUT2D eigenvalue weighted by atomic mass is 16.5. The maximum absolute atomic E-state index is 5.53. The van der Waals surface area contributed by atoms with Crippen LogP contribution in [0.2, 0.25) is 0 Å². The summed E-state index contributed by atoms with van der Waals surface area (Å²) in [6.07, 6.45) is 6.96. The van der Waals surface area contributed by atoms with E-state index in [0.29, 0.717) is 11.7 Å². The number of hydrogen-bond acceptors (Lipinski definition) is 7. The first-order valence-electron chi connectivity index (χ1n) is 8.10. The zero-order valence-corrected chi connectivity index (χ0v) is 14.4. The van der Waals surface area contributed by atoms with Gasteiger partial charge in [-0.1, -0.05) is 36.3 Å². The van der Waals surface area contributed by atoms with E-state index in [-0.39, 0.29) is 11.9 Å². The van der Waals surface area contributed by atoms with Gasteiger partial charge in [-0.05, 0) is 11.1 Å². The lowest BCUT2D eigenvalue weighted by molar-refractivity contribution is 0.420. The van der Waals surface area contributed by atoms with Gasteiger partial charge >= 0.3 is 0 Å². The maximum atomic E-state index is 5.53. The molecule has 0 spiro atoms. The highest BCUT2D eigenvalue weighted by molar-refractivity contribution is 5.62. The molecule has 0 fully saturated rings. The summed E-state index contributed by atoms with van der Waals surface area (Å²) in [6, 6.07) is 8.11. The lowest BCUT2D eigenvalue weighted by atomic mass is 9.98. The number of nitrogens with two attached hydrogens (primary N) is 1. The Bertz CT molecular complexity index is 1020. The molecule has 0 aliphatic rings. The molecule has 1 aromatic carbocycles. The largest absolute Gasteiger partial charge is 0.368 e. The molecule has 0 aliphatic heterocycles. The van der Waals surface area contributed by atoms with Crippen molar-refractivity contribution in [2.24, 2.45) is 7.05 Å². The zero-order valence-electron chi connectivity index (χ0n) is 14.4. The minimum absolute atomic E-state index is 0.000823. The average molecular weight is 347 g/mol. The topological polar surface area (TPSA) is 109 Å². The van der Waals surface area contributed by atoms with Crippen molar-refractivity contribution in [2.75, 3.05) is 5.73 Å². The average Bonchev–Trinajstić information content (AvgIpc) is 3.31. The van der Waals surface area contributed by atoms with E-state index in [9.17, 15) is 0 Å². The summed E-state index contributed by atoms with van der Waals surface area (Å²) < 4.78 is 7.06. The van der Waals surface area contributed by atoms with Crippen LogP contribution in [0.25, 0.3) is 22.6 Å². The van der Waals surface area contributed by atoms with E-state index in [1.807, 2.05) is 44.4 Å². The minimum atomic E-state index is 0.000823. The smallest absolute Gasteiger partial charge is 0.261 e. The number of benzene rings is 1. The first-order chi connectivity index (χ1) is 12.6. The van der Waals surface area contributed by atoms with E-state index < -0.39 is 0 Å². The van der Waals surface area contributed by atoms with Gasteiger partial charge in [0.15, 0.2) is 5.82 Å². The van der Waals surface area contributed by atoms with Crippen molar-refractivity contribution in [3.63, 3.8) is 0 Å². The summed E-state index contributed by atoms with van der Waals surface area (Å²) in [7, 11) is 1.84. The number of aryl methyl sites for hydroxylation is 1. The fraction of sp³-hybridized carbons (Fsp3) is 0.167. The molecule has 4 rings (SSSR count). The molecule has 0 unspecified atom stereocenters. The fourth-order valence-corrected chi connectivity index (χ4v) is 2.66. The van der Waals surface area contributed by atoms with Crippen LogP contribution in [0.3, 0.4) is 0 Å². The van der Waals surface area contributed by atoms with E-state index >= 15 is 0 Å². The van der Waals surface area contributed by atoms with E-state index in [1.54, 1.807) is 23.3 Å². The number of hydrogen-bond donors (Lipinski definition) is 1. The van der Waals surface area contributed by atoms with Gasteiger partial charge in [0.1, 0.15) is 0 Å². The minimum Gasteiger partial charge on any atom is -0.368 e. The molecule has 4 aromatic rings. The molecular formula is C18H17N7O. The monoisotopic (exact) mass is 347 g/mol. The van der Waals surface area contributed by atoms with E-state index in [4.69, 9.17) is 10.3 Å². The molecule has 2 N–H and O–H groups in total. The molecule has 130 valence electrons. The van der Waals surface area contributed by atoms with Crippen molar-refractivity contribution < 1.29 is 4.52 Å². The number of nitrogens with zero attached hydrogens (tertiary/aromatic N) is 6. The maximum Gasteiger partial charge on any atom is 0.261 e. The second-order valence-corrected chi connectivity index (χ2v) is 6.03. The molecule has 0 saturated carbocycles. The van der Waals surface area contributed by atoms with Gasteiger partial charge in [-0.15, -0.1) is 0 Å². The Balaban J connectivity index is 1.56. The zero-order chi connectivity index (χ0) is 18.1. The third kappa shape index (κ3) is 3.04. The summed E-state index contributed by atoms with van der Waals surface area (Å²) in [6.45, 7) is 2.04. The third-order valence-corrected chi connectivity index (χ3v) is 4.20. The molecular weight excluding hydrogens is 330 g/mol. The molecule has 3 heterocycles.